The maximum absolute atomic E-state index is 9.38. The van der Waals surface area contributed by atoms with Gasteiger partial charge in [0, 0.05) is 12.0 Å². The first-order chi connectivity index (χ1) is 6.60. The first-order valence-electron chi connectivity index (χ1n) is 4.82. The Bertz CT molecular complexity index is 360. The lowest BCUT2D eigenvalue weighted by Gasteiger charge is -2.14. The molecule has 1 aliphatic rings. The third kappa shape index (κ3) is 1.16. The molecule has 1 aromatic carbocycles. The number of benzene rings is 1. The second-order valence-electron chi connectivity index (χ2n) is 4.17. The second-order valence-corrected chi connectivity index (χ2v) is 4.17. The number of phenols is 2. The molecule has 0 bridgehead atoms. The minimum atomic E-state index is -0.0748. The number of phenolic OH excluding ortho intramolecular Hbond substituents is 2. The average molecular weight is 193 g/mol. The summed E-state index contributed by atoms with van der Waals surface area (Å²) in [5, 5.41) is 18.6. The second kappa shape index (κ2) is 2.89. The first-order valence-corrected chi connectivity index (χ1v) is 4.82. The molecule has 2 unspecified atom stereocenters. The molecule has 1 fully saturated rings. The quantitative estimate of drug-likeness (QED) is 0.621. The smallest absolute Gasteiger partial charge is 0.157 e. The van der Waals surface area contributed by atoms with Crippen molar-refractivity contribution in [3.63, 3.8) is 0 Å². The highest BCUT2D eigenvalue weighted by Crippen LogP contribution is 2.54. The van der Waals surface area contributed by atoms with Gasteiger partial charge in [-0.3, -0.25) is 0 Å². The summed E-state index contributed by atoms with van der Waals surface area (Å²) < 4.78 is 0. The highest BCUT2D eigenvalue weighted by molar-refractivity contribution is 5.45. The lowest BCUT2D eigenvalue weighted by Crippen LogP contribution is -2.21. The van der Waals surface area contributed by atoms with Crippen LogP contribution in [0.2, 0.25) is 0 Å². The summed E-state index contributed by atoms with van der Waals surface area (Å²) in [5.74, 6) is 0.431. The Hall–Kier alpha value is -1.22. The van der Waals surface area contributed by atoms with Gasteiger partial charge in [-0.25, -0.2) is 0 Å². The minimum Gasteiger partial charge on any atom is -0.504 e. The van der Waals surface area contributed by atoms with Crippen LogP contribution in [0, 0.1) is 5.92 Å². The molecule has 76 valence electrons. The van der Waals surface area contributed by atoms with E-state index in [0.717, 1.165) is 12.0 Å². The SMILES string of the molecule is CC1CC1(CN)c1ccc(O)c(O)c1. The van der Waals surface area contributed by atoms with Gasteiger partial charge >= 0.3 is 0 Å². The van der Waals surface area contributed by atoms with Gasteiger partial charge in [-0.05, 0) is 30.0 Å². The van der Waals surface area contributed by atoms with Crippen LogP contribution in [0.3, 0.4) is 0 Å². The van der Waals surface area contributed by atoms with Gasteiger partial charge in [0.05, 0.1) is 0 Å². The average Bonchev–Trinajstić information content (AvgIpc) is 2.83. The van der Waals surface area contributed by atoms with Crippen LogP contribution in [0.5, 0.6) is 11.5 Å². The van der Waals surface area contributed by atoms with Crippen LogP contribution in [-0.2, 0) is 5.41 Å². The molecular weight excluding hydrogens is 178 g/mol. The van der Waals surface area contributed by atoms with Crippen LogP contribution in [0.15, 0.2) is 18.2 Å². The fourth-order valence-corrected chi connectivity index (χ4v) is 2.13. The maximum atomic E-state index is 9.38. The van der Waals surface area contributed by atoms with Gasteiger partial charge in [0.15, 0.2) is 11.5 Å². The number of hydrogen-bond acceptors (Lipinski definition) is 3. The Morgan fingerprint density at radius 1 is 1.43 bits per heavy atom. The van der Waals surface area contributed by atoms with Crippen molar-refractivity contribution in [3.8, 4) is 11.5 Å². The predicted octanol–water partition coefficient (Wildman–Crippen LogP) is 1.33. The molecule has 3 nitrogen and oxygen atoms in total. The Balaban J connectivity index is 2.38. The Morgan fingerprint density at radius 3 is 2.50 bits per heavy atom. The molecular formula is C11H15NO2. The summed E-state index contributed by atoms with van der Waals surface area (Å²) in [4.78, 5) is 0. The monoisotopic (exact) mass is 193 g/mol. The lowest BCUT2D eigenvalue weighted by molar-refractivity contribution is 0.402. The van der Waals surface area contributed by atoms with Crippen molar-refractivity contribution >= 4 is 0 Å². The molecule has 2 rings (SSSR count). The molecule has 0 saturated heterocycles. The van der Waals surface area contributed by atoms with E-state index in [1.54, 1.807) is 6.07 Å². The topological polar surface area (TPSA) is 66.5 Å². The van der Waals surface area contributed by atoms with Crippen molar-refractivity contribution in [1.82, 2.24) is 0 Å². The Labute approximate surface area is 83.2 Å². The molecule has 0 spiro atoms. The van der Waals surface area contributed by atoms with E-state index in [9.17, 15) is 10.2 Å². The van der Waals surface area contributed by atoms with Crippen molar-refractivity contribution in [2.24, 2.45) is 11.7 Å². The van der Waals surface area contributed by atoms with E-state index in [1.807, 2.05) is 6.07 Å². The van der Waals surface area contributed by atoms with Gasteiger partial charge in [-0.15, -0.1) is 0 Å². The molecule has 1 aliphatic carbocycles. The Morgan fingerprint density at radius 2 is 2.07 bits per heavy atom. The fourth-order valence-electron chi connectivity index (χ4n) is 2.13. The third-order valence-electron chi connectivity index (χ3n) is 3.37. The van der Waals surface area contributed by atoms with Crippen LogP contribution >= 0.6 is 0 Å². The summed E-state index contributed by atoms with van der Waals surface area (Å²) in [5.41, 5.74) is 6.80. The summed E-state index contributed by atoms with van der Waals surface area (Å²) >= 11 is 0. The van der Waals surface area contributed by atoms with Crippen LogP contribution in [0.4, 0.5) is 0 Å². The molecule has 0 amide bonds. The largest absolute Gasteiger partial charge is 0.504 e. The number of hydrogen-bond donors (Lipinski definition) is 3. The van der Waals surface area contributed by atoms with E-state index in [1.165, 1.54) is 6.07 Å². The lowest BCUT2D eigenvalue weighted by atomic mass is 9.93. The zero-order chi connectivity index (χ0) is 10.3. The summed E-state index contributed by atoms with van der Waals surface area (Å²) in [7, 11) is 0. The molecule has 0 heterocycles. The molecule has 2 atom stereocenters. The summed E-state index contributed by atoms with van der Waals surface area (Å²) in [6.07, 6.45) is 1.06. The van der Waals surface area contributed by atoms with Crippen molar-refractivity contribution in [2.45, 2.75) is 18.8 Å². The van der Waals surface area contributed by atoms with E-state index in [4.69, 9.17) is 5.73 Å². The van der Waals surface area contributed by atoms with Crippen molar-refractivity contribution in [1.29, 1.82) is 0 Å². The minimum absolute atomic E-state index is 0.0329. The third-order valence-corrected chi connectivity index (χ3v) is 3.37. The van der Waals surface area contributed by atoms with Gasteiger partial charge in [-0.2, -0.15) is 0 Å². The van der Waals surface area contributed by atoms with Crippen molar-refractivity contribution < 1.29 is 10.2 Å². The highest BCUT2D eigenvalue weighted by Gasteiger charge is 2.51. The molecule has 14 heavy (non-hydrogen) atoms. The van der Waals surface area contributed by atoms with E-state index in [-0.39, 0.29) is 16.9 Å². The van der Waals surface area contributed by atoms with Crippen LogP contribution in [0.25, 0.3) is 0 Å². The summed E-state index contributed by atoms with van der Waals surface area (Å²) in [6, 6.07) is 4.98. The van der Waals surface area contributed by atoms with Crippen LogP contribution in [-0.4, -0.2) is 16.8 Å². The highest BCUT2D eigenvalue weighted by atomic mass is 16.3. The van der Waals surface area contributed by atoms with Crippen molar-refractivity contribution in [3.05, 3.63) is 23.8 Å². The number of rotatable bonds is 2. The van der Waals surface area contributed by atoms with Gasteiger partial charge < -0.3 is 15.9 Å². The zero-order valence-electron chi connectivity index (χ0n) is 8.20. The Kier molecular flexibility index (Phi) is 1.93. The van der Waals surface area contributed by atoms with Crippen molar-refractivity contribution in [2.75, 3.05) is 6.54 Å². The molecule has 0 radical (unpaired) electrons. The zero-order valence-corrected chi connectivity index (χ0v) is 8.20. The van der Waals surface area contributed by atoms with E-state index >= 15 is 0 Å². The van der Waals surface area contributed by atoms with Crippen LogP contribution < -0.4 is 5.73 Å². The van der Waals surface area contributed by atoms with Gasteiger partial charge in [0.1, 0.15) is 0 Å². The molecule has 1 aromatic rings. The number of nitrogens with two attached hydrogens (primary N) is 1. The van der Waals surface area contributed by atoms with Gasteiger partial charge in [-0.1, -0.05) is 13.0 Å². The standard InChI is InChI=1S/C11H15NO2/c1-7-5-11(7,6-12)8-2-3-9(13)10(14)4-8/h2-4,7,13-14H,5-6,12H2,1H3. The number of aromatic hydroxyl groups is 2. The molecule has 1 saturated carbocycles. The van der Waals surface area contributed by atoms with Crippen LogP contribution in [0.1, 0.15) is 18.9 Å². The van der Waals surface area contributed by atoms with Gasteiger partial charge in [0.2, 0.25) is 0 Å². The first kappa shape index (κ1) is 9.34. The van der Waals surface area contributed by atoms with Gasteiger partial charge in [0.25, 0.3) is 0 Å². The summed E-state index contributed by atoms with van der Waals surface area (Å²) in [6.45, 7) is 2.75. The van der Waals surface area contributed by atoms with E-state index < -0.39 is 0 Å². The predicted molar refractivity (Wildman–Crippen MR) is 54.3 cm³/mol. The molecule has 3 heteroatoms. The molecule has 4 N–H and O–H groups in total. The van der Waals surface area contributed by atoms with E-state index in [0.29, 0.717) is 12.5 Å². The molecule has 0 aliphatic heterocycles. The maximum Gasteiger partial charge on any atom is 0.157 e. The van der Waals surface area contributed by atoms with E-state index in [2.05, 4.69) is 6.92 Å². The fraction of sp³-hybridized carbons (Fsp3) is 0.455. The molecule has 0 aromatic heterocycles. The normalized spacial score (nSPS) is 30.3.